The van der Waals surface area contributed by atoms with Crippen molar-refractivity contribution in [2.75, 3.05) is 0 Å². The predicted octanol–water partition coefficient (Wildman–Crippen LogP) is 3.78. The van der Waals surface area contributed by atoms with E-state index in [-0.39, 0.29) is 0 Å². The second-order valence-corrected chi connectivity index (χ2v) is 5.39. The Balaban J connectivity index is 1.75. The summed E-state index contributed by atoms with van der Waals surface area (Å²) in [5, 5.41) is 0. The third-order valence-corrected chi connectivity index (χ3v) is 4.74. The summed E-state index contributed by atoms with van der Waals surface area (Å²) in [5.74, 6) is 4.41. The first kappa shape index (κ1) is 8.08. The van der Waals surface area contributed by atoms with Crippen molar-refractivity contribution >= 4 is 0 Å². The molecule has 3 rings (SSSR count). The Hall–Kier alpha value is -0.260. The van der Waals surface area contributed by atoms with Gasteiger partial charge in [-0.2, -0.15) is 0 Å². The molecule has 4 unspecified atom stereocenters. The van der Waals surface area contributed by atoms with Crippen molar-refractivity contribution in [3.8, 4) is 0 Å². The molecule has 0 nitrogen and oxygen atoms in total. The highest BCUT2D eigenvalue weighted by atomic mass is 14.4. The van der Waals surface area contributed by atoms with Gasteiger partial charge in [0.1, 0.15) is 0 Å². The summed E-state index contributed by atoms with van der Waals surface area (Å²) < 4.78 is 0. The molecule has 0 heteroatoms. The highest BCUT2D eigenvalue weighted by Crippen LogP contribution is 2.49. The van der Waals surface area contributed by atoms with Gasteiger partial charge in [-0.1, -0.05) is 31.4 Å². The van der Waals surface area contributed by atoms with E-state index in [4.69, 9.17) is 0 Å². The van der Waals surface area contributed by atoms with E-state index in [1.165, 1.54) is 19.3 Å². The molecule has 0 saturated heterocycles. The number of rotatable bonds is 0. The predicted molar refractivity (Wildman–Crippen MR) is 55.4 cm³/mol. The van der Waals surface area contributed by atoms with Gasteiger partial charge >= 0.3 is 0 Å². The van der Waals surface area contributed by atoms with Gasteiger partial charge in [0.15, 0.2) is 0 Å². The van der Waals surface area contributed by atoms with E-state index in [1.807, 2.05) is 0 Å². The van der Waals surface area contributed by atoms with Gasteiger partial charge in [-0.25, -0.2) is 0 Å². The lowest BCUT2D eigenvalue weighted by molar-refractivity contribution is 0.130. The Labute approximate surface area is 81.4 Å². The first-order chi connectivity index (χ1) is 6.43. The lowest BCUT2D eigenvalue weighted by Gasteiger charge is -2.39. The topological polar surface area (TPSA) is 0 Å². The second-order valence-electron chi connectivity index (χ2n) is 5.39. The minimum absolute atomic E-state index is 1.07. The Morgan fingerprint density at radius 2 is 1.23 bits per heavy atom. The molecule has 0 aromatic carbocycles. The minimum atomic E-state index is 1.07. The van der Waals surface area contributed by atoms with Crippen molar-refractivity contribution in [1.29, 1.82) is 0 Å². The molecule has 0 bridgehead atoms. The van der Waals surface area contributed by atoms with Crippen molar-refractivity contribution in [3.05, 3.63) is 12.2 Å². The molecule has 0 spiro atoms. The number of fused-ring (bicyclic) bond motifs is 2. The molecule has 0 aromatic rings. The van der Waals surface area contributed by atoms with Crippen LogP contribution in [0.4, 0.5) is 0 Å². The monoisotopic (exact) mass is 176 g/mol. The lowest BCUT2D eigenvalue weighted by atomic mass is 9.66. The van der Waals surface area contributed by atoms with Crippen molar-refractivity contribution < 1.29 is 0 Å². The van der Waals surface area contributed by atoms with Crippen LogP contribution in [0.1, 0.15) is 44.9 Å². The van der Waals surface area contributed by atoms with Crippen LogP contribution in [-0.2, 0) is 0 Å². The van der Waals surface area contributed by atoms with Crippen LogP contribution in [0, 0.1) is 23.7 Å². The largest absolute Gasteiger partial charge is 0.0882 e. The fraction of sp³-hybridized carbons (Fsp3) is 0.846. The van der Waals surface area contributed by atoms with Crippen molar-refractivity contribution in [1.82, 2.24) is 0 Å². The Kier molecular flexibility index (Phi) is 1.96. The van der Waals surface area contributed by atoms with E-state index in [9.17, 15) is 0 Å². The van der Waals surface area contributed by atoms with Crippen LogP contribution in [0.3, 0.4) is 0 Å². The summed E-state index contributed by atoms with van der Waals surface area (Å²) in [7, 11) is 0. The summed E-state index contributed by atoms with van der Waals surface area (Å²) in [4.78, 5) is 0. The second kappa shape index (κ2) is 3.15. The van der Waals surface area contributed by atoms with Gasteiger partial charge in [-0.15, -0.1) is 0 Å². The molecule has 2 saturated carbocycles. The normalized spacial score (nSPS) is 48.6. The molecular weight excluding hydrogens is 156 g/mol. The van der Waals surface area contributed by atoms with Gasteiger partial charge in [-0.3, -0.25) is 0 Å². The maximum absolute atomic E-state index is 2.43. The highest BCUT2D eigenvalue weighted by molar-refractivity contribution is 4.99. The van der Waals surface area contributed by atoms with Crippen LogP contribution in [-0.4, -0.2) is 0 Å². The SMILES string of the molecule is C1=CCC2CC3CCCC3CC2C1. The Morgan fingerprint density at radius 1 is 0.692 bits per heavy atom. The van der Waals surface area contributed by atoms with E-state index < -0.39 is 0 Å². The molecular formula is C13H20. The summed E-state index contributed by atoms with van der Waals surface area (Å²) in [6, 6.07) is 0. The van der Waals surface area contributed by atoms with Gasteiger partial charge in [0.2, 0.25) is 0 Å². The van der Waals surface area contributed by atoms with Crippen LogP contribution in [0.15, 0.2) is 12.2 Å². The van der Waals surface area contributed by atoms with E-state index >= 15 is 0 Å². The van der Waals surface area contributed by atoms with Crippen LogP contribution < -0.4 is 0 Å². The summed E-state index contributed by atoms with van der Waals surface area (Å²) in [6.07, 6.45) is 15.4. The number of allylic oxidation sites excluding steroid dienone is 2. The lowest BCUT2D eigenvalue weighted by Crippen LogP contribution is -2.30. The maximum Gasteiger partial charge on any atom is -0.0319 e. The highest BCUT2D eigenvalue weighted by Gasteiger charge is 2.38. The third kappa shape index (κ3) is 1.35. The van der Waals surface area contributed by atoms with Crippen LogP contribution in [0.5, 0.6) is 0 Å². The van der Waals surface area contributed by atoms with Gasteiger partial charge in [0.25, 0.3) is 0 Å². The smallest absolute Gasteiger partial charge is 0.0319 e. The molecule has 0 heterocycles. The van der Waals surface area contributed by atoms with Crippen molar-refractivity contribution in [3.63, 3.8) is 0 Å². The minimum Gasteiger partial charge on any atom is -0.0882 e. The van der Waals surface area contributed by atoms with Crippen LogP contribution in [0.2, 0.25) is 0 Å². The zero-order valence-electron chi connectivity index (χ0n) is 8.41. The fourth-order valence-corrected chi connectivity index (χ4v) is 4.02. The van der Waals surface area contributed by atoms with Gasteiger partial charge in [-0.05, 0) is 49.4 Å². The van der Waals surface area contributed by atoms with Crippen molar-refractivity contribution in [2.24, 2.45) is 23.7 Å². The molecule has 13 heavy (non-hydrogen) atoms. The summed E-state index contributed by atoms with van der Waals surface area (Å²) in [5.41, 5.74) is 0. The van der Waals surface area contributed by atoms with Crippen LogP contribution in [0.25, 0.3) is 0 Å². The van der Waals surface area contributed by atoms with E-state index in [0.29, 0.717) is 0 Å². The average molecular weight is 176 g/mol. The zero-order chi connectivity index (χ0) is 8.67. The molecule has 2 fully saturated rings. The summed E-state index contributed by atoms with van der Waals surface area (Å²) in [6.45, 7) is 0. The molecule has 3 aliphatic rings. The number of hydrogen-bond acceptors (Lipinski definition) is 0. The molecule has 4 atom stereocenters. The molecule has 0 N–H and O–H groups in total. The third-order valence-electron chi connectivity index (χ3n) is 4.74. The van der Waals surface area contributed by atoms with E-state index in [2.05, 4.69) is 12.2 Å². The molecule has 72 valence electrons. The van der Waals surface area contributed by atoms with Gasteiger partial charge in [0.05, 0.1) is 0 Å². The number of hydrogen-bond donors (Lipinski definition) is 0. The first-order valence-corrected chi connectivity index (χ1v) is 6.08. The maximum atomic E-state index is 2.43. The van der Waals surface area contributed by atoms with Crippen LogP contribution >= 0.6 is 0 Å². The Bertz CT molecular complexity index is 194. The summed E-state index contributed by atoms with van der Waals surface area (Å²) >= 11 is 0. The molecule has 3 aliphatic carbocycles. The molecule has 0 radical (unpaired) electrons. The molecule has 0 aromatic heterocycles. The van der Waals surface area contributed by atoms with E-state index in [0.717, 1.165) is 23.7 Å². The Morgan fingerprint density at radius 3 is 1.77 bits per heavy atom. The van der Waals surface area contributed by atoms with Gasteiger partial charge < -0.3 is 0 Å². The van der Waals surface area contributed by atoms with Gasteiger partial charge in [0, 0.05) is 0 Å². The fourth-order valence-electron chi connectivity index (χ4n) is 4.02. The first-order valence-electron chi connectivity index (χ1n) is 6.08. The molecule has 0 amide bonds. The quantitative estimate of drug-likeness (QED) is 0.493. The molecule has 0 aliphatic heterocycles. The average Bonchev–Trinajstić information content (AvgIpc) is 2.61. The standard InChI is InChI=1S/C13H20/c1-2-5-11-9-13-7-3-6-12(13)8-10(11)4-1/h1-2,10-13H,3-9H2. The van der Waals surface area contributed by atoms with E-state index in [1.54, 1.807) is 25.7 Å². The zero-order valence-corrected chi connectivity index (χ0v) is 8.41. The van der Waals surface area contributed by atoms with Crippen molar-refractivity contribution in [2.45, 2.75) is 44.9 Å².